The molecule has 100 valence electrons. The smallest absolute Gasteiger partial charge is 0.0808 e. The summed E-state index contributed by atoms with van der Waals surface area (Å²) in [5.41, 5.74) is 0. The van der Waals surface area contributed by atoms with Crippen molar-refractivity contribution < 1.29 is 14.6 Å². The quantitative estimate of drug-likeness (QED) is 0.626. The Morgan fingerprint density at radius 2 is 2.18 bits per heavy atom. The summed E-state index contributed by atoms with van der Waals surface area (Å²) in [6.45, 7) is 2.52. The Bertz CT molecular complexity index is 203. The van der Waals surface area contributed by atoms with Gasteiger partial charge in [0.2, 0.25) is 0 Å². The summed E-state index contributed by atoms with van der Waals surface area (Å²) in [6.07, 6.45) is 7.28. The fourth-order valence-corrected chi connectivity index (χ4v) is 2.19. The van der Waals surface area contributed by atoms with Crippen molar-refractivity contribution in [3.63, 3.8) is 0 Å². The maximum atomic E-state index is 9.21. The molecule has 0 radical (unpaired) electrons. The third-order valence-electron chi connectivity index (χ3n) is 3.46. The lowest BCUT2D eigenvalue weighted by Crippen LogP contribution is -2.35. The Kier molecular flexibility index (Phi) is 5.71. The number of nitrogens with one attached hydrogen (secondary N) is 1. The summed E-state index contributed by atoms with van der Waals surface area (Å²) in [5.74, 6) is 0. The number of aliphatic hydroxyl groups excluding tert-OH is 1. The molecule has 2 unspecified atom stereocenters. The fourth-order valence-electron chi connectivity index (χ4n) is 2.19. The number of aliphatic hydroxyl groups is 1. The van der Waals surface area contributed by atoms with Crippen molar-refractivity contribution in [3.8, 4) is 0 Å². The van der Waals surface area contributed by atoms with E-state index in [-0.39, 0.29) is 12.6 Å². The van der Waals surface area contributed by atoms with E-state index in [9.17, 15) is 5.11 Å². The van der Waals surface area contributed by atoms with Gasteiger partial charge in [-0.05, 0) is 38.5 Å². The molecule has 0 amide bonds. The molecule has 2 aliphatic rings. The van der Waals surface area contributed by atoms with E-state index in [0.717, 1.165) is 19.4 Å². The molecule has 0 bridgehead atoms. The van der Waals surface area contributed by atoms with Crippen molar-refractivity contribution >= 4 is 0 Å². The van der Waals surface area contributed by atoms with Crippen molar-refractivity contribution in [1.82, 2.24) is 5.32 Å². The minimum absolute atomic E-state index is 0.203. The van der Waals surface area contributed by atoms with Gasteiger partial charge in [-0.2, -0.15) is 0 Å². The van der Waals surface area contributed by atoms with Crippen molar-refractivity contribution in [3.05, 3.63) is 0 Å². The van der Waals surface area contributed by atoms with Gasteiger partial charge in [0, 0.05) is 25.3 Å². The molecule has 1 saturated heterocycles. The molecule has 2 N–H and O–H groups in total. The number of rotatable bonds is 8. The predicted octanol–water partition coefficient (Wildman–Crippen LogP) is 1.08. The third-order valence-corrected chi connectivity index (χ3v) is 3.46. The molecular weight excluding hydrogens is 218 g/mol. The van der Waals surface area contributed by atoms with Gasteiger partial charge in [-0.3, -0.25) is 0 Å². The van der Waals surface area contributed by atoms with E-state index < -0.39 is 0 Å². The molecule has 4 nitrogen and oxygen atoms in total. The van der Waals surface area contributed by atoms with E-state index in [0.29, 0.717) is 25.4 Å². The summed E-state index contributed by atoms with van der Waals surface area (Å²) < 4.78 is 11.2. The summed E-state index contributed by atoms with van der Waals surface area (Å²) in [4.78, 5) is 0. The largest absolute Gasteiger partial charge is 0.395 e. The summed E-state index contributed by atoms with van der Waals surface area (Å²) >= 11 is 0. The average Bonchev–Trinajstić information content (AvgIpc) is 3.18. The third kappa shape index (κ3) is 5.34. The summed E-state index contributed by atoms with van der Waals surface area (Å²) in [5, 5.41) is 12.6. The van der Waals surface area contributed by atoms with Crippen LogP contribution in [0.15, 0.2) is 0 Å². The van der Waals surface area contributed by atoms with Crippen LogP contribution >= 0.6 is 0 Å². The molecule has 4 heteroatoms. The van der Waals surface area contributed by atoms with Crippen LogP contribution in [0.3, 0.4) is 0 Å². The van der Waals surface area contributed by atoms with Gasteiger partial charge in [-0.1, -0.05) is 0 Å². The van der Waals surface area contributed by atoms with Crippen LogP contribution < -0.4 is 5.32 Å². The first-order chi connectivity index (χ1) is 8.38. The van der Waals surface area contributed by atoms with Gasteiger partial charge in [0.15, 0.2) is 0 Å². The zero-order valence-corrected chi connectivity index (χ0v) is 10.6. The second kappa shape index (κ2) is 7.31. The number of ether oxygens (including phenoxy) is 2. The Labute approximate surface area is 104 Å². The molecule has 1 aliphatic heterocycles. The lowest BCUT2D eigenvalue weighted by Gasteiger charge is -2.23. The monoisotopic (exact) mass is 243 g/mol. The van der Waals surface area contributed by atoms with Crippen molar-refractivity contribution in [2.45, 2.75) is 56.7 Å². The molecule has 2 fully saturated rings. The molecule has 1 aliphatic carbocycles. The maximum absolute atomic E-state index is 9.21. The minimum Gasteiger partial charge on any atom is -0.395 e. The van der Waals surface area contributed by atoms with Crippen molar-refractivity contribution in [1.29, 1.82) is 0 Å². The van der Waals surface area contributed by atoms with Gasteiger partial charge in [0.1, 0.15) is 0 Å². The van der Waals surface area contributed by atoms with Crippen LogP contribution in [0.4, 0.5) is 0 Å². The molecule has 1 saturated carbocycles. The van der Waals surface area contributed by atoms with E-state index >= 15 is 0 Å². The molecular formula is C13H25NO3. The molecule has 0 spiro atoms. The van der Waals surface area contributed by atoms with Crippen LogP contribution in [0.5, 0.6) is 0 Å². The molecule has 0 aromatic heterocycles. The normalized spacial score (nSPS) is 27.0. The van der Waals surface area contributed by atoms with Gasteiger partial charge in [-0.15, -0.1) is 0 Å². The highest BCUT2D eigenvalue weighted by molar-refractivity contribution is 4.84. The van der Waals surface area contributed by atoms with Gasteiger partial charge in [-0.25, -0.2) is 0 Å². The highest BCUT2D eigenvalue weighted by Crippen LogP contribution is 2.20. The van der Waals surface area contributed by atoms with Gasteiger partial charge < -0.3 is 19.9 Å². The van der Waals surface area contributed by atoms with Crippen molar-refractivity contribution in [2.75, 3.05) is 26.4 Å². The summed E-state index contributed by atoms with van der Waals surface area (Å²) in [7, 11) is 0. The van der Waals surface area contributed by atoms with E-state index in [1.54, 1.807) is 0 Å². The topological polar surface area (TPSA) is 50.7 Å². The molecule has 17 heavy (non-hydrogen) atoms. The first-order valence-corrected chi connectivity index (χ1v) is 6.94. The number of hydrogen-bond donors (Lipinski definition) is 2. The Morgan fingerprint density at radius 1 is 1.29 bits per heavy atom. The van der Waals surface area contributed by atoms with Crippen LogP contribution in [-0.2, 0) is 9.47 Å². The SMILES string of the molecule is OCC(CCOCC1CCCCO1)NC1CC1. The van der Waals surface area contributed by atoms with E-state index in [1.807, 2.05) is 0 Å². The average molecular weight is 243 g/mol. The van der Waals surface area contributed by atoms with Crippen LogP contribution in [0, 0.1) is 0 Å². The highest BCUT2D eigenvalue weighted by Gasteiger charge is 2.24. The Balaban J connectivity index is 1.48. The lowest BCUT2D eigenvalue weighted by atomic mass is 10.1. The zero-order valence-electron chi connectivity index (χ0n) is 10.6. The predicted molar refractivity (Wildman–Crippen MR) is 66.1 cm³/mol. The lowest BCUT2D eigenvalue weighted by molar-refractivity contribution is -0.0423. The van der Waals surface area contributed by atoms with Crippen LogP contribution in [0.1, 0.15) is 38.5 Å². The van der Waals surface area contributed by atoms with Gasteiger partial charge in [0.25, 0.3) is 0 Å². The Morgan fingerprint density at radius 3 is 2.82 bits per heavy atom. The zero-order chi connectivity index (χ0) is 11.9. The second-order valence-corrected chi connectivity index (χ2v) is 5.17. The maximum Gasteiger partial charge on any atom is 0.0808 e. The first kappa shape index (κ1) is 13.3. The van der Waals surface area contributed by atoms with Crippen LogP contribution in [0.25, 0.3) is 0 Å². The van der Waals surface area contributed by atoms with Crippen LogP contribution in [0.2, 0.25) is 0 Å². The van der Waals surface area contributed by atoms with E-state index in [4.69, 9.17) is 9.47 Å². The number of hydrogen-bond acceptors (Lipinski definition) is 4. The van der Waals surface area contributed by atoms with Gasteiger partial charge >= 0.3 is 0 Å². The Hall–Kier alpha value is -0.160. The standard InChI is InChI=1S/C13H25NO3/c15-9-12(14-11-4-5-11)6-8-16-10-13-3-1-2-7-17-13/h11-15H,1-10H2. The molecule has 0 aromatic carbocycles. The highest BCUT2D eigenvalue weighted by atomic mass is 16.5. The molecule has 2 rings (SSSR count). The van der Waals surface area contributed by atoms with E-state index in [2.05, 4.69) is 5.32 Å². The fraction of sp³-hybridized carbons (Fsp3) is 1.00. The van der Waals surface area contributed by atoms with Gasteiger partial charge in [0.05, 0.1) is 19.3 Å². The van der Waals surface area contributed by atoms with Crippen LogP contribution in [-0.4, -0.2) is 49.7 Å². The second-order valence-electron chi connectivity index (χ2n) is 5.17. The molecule has 1 heterocycles. The minimum atomic E-state index is 0.203. The van der Waals surface area contributed by atoms with E-state index in [1.165, 1.54) is 25.7 Å². The molecule has 2 atom stereocenters. The molecule has 0 aromatic rings. The first-order valence-electron chi connectivity index (χ1n) is 6.94. The summed E-state index contributed by atoms with van der Waals surface area (Å²) in [6, 6.07) is 0.851. The van der Waals surface area contributed by atoms with Crippen molar-refractivity contribution in [2.24, 2.45) is 0 Å².